The zero-order valence-corrected chi connectivity index (χ0v) is 86.7. The van der Waals surface area contributed by atoms with Gasteiger partial charge in [-0.1, -0.05) is 72.8 Å². The molecule has 15 heterocycles. The Morgan fingerprint density at radius 3 is 1.09 bits per heavy atom. The predicted molar refractivity (Wildman–Crippen MR) is 589 cm³/mol. The number of urea groups is 2. The van der Waals surface area contributed by atoms with Crippen LogP contribution in [-0.4, -0.2) is 225 Å². The summed E-state index contributed by atoms with van der Waals surface area (Å²) in [5.74, 6) is 4.67. The number of hydrogen-bond donors (Lipinski definition) is 9. The van der Waals surface area contributed by atoms with E-state index in [1.54, 1.807) is 156 Å². The lowest BCUT2D eigenvalue weighted by Gasteiger charge is -2.25. The highest BCUT2D eigenvalue weighted by Gasteiger charge is 2.47. The smallest absolute Gasteiger partial charge is 0.418 e. The van der Waals surface area contributed by atoms with Crippen LogP contribution in [0.5, 0.6) is 17.8 Å². The van der Waals surface area contributed by atoms with Gasteiger partial charge < -0.3 is 65.2 Å². The van der Waals surface area contributed by atoms with Crippen LogP contribution in [0.2, 0.25) is 0 Å². The lowest BCUT2D eigenvalue weighted by Crippen LogP contribution is -2.36. The first-order valence-corrected chi connectivity index (χ1v) is 54.9. The van der Waals surface area contributed by atoms with Crippen molar-refractivity contribution in [2.45, 2.75) is 124 Å². The second kappa shape index (κ2) is 43.8. The predicted octanol–water partition coefficient (Wildman–Crippen LogP) is 20.4. The van der Waals surface area contributed by atoms with Crippen LogP contribution in [0, 0.1) is 80.6 Å². The van der Waals surface area contributed by atoms with Crippen molar-refractivity contribution in [3.8, 4) is 17.8 Å². The lowest BCUT2D eigenvalue weighted by atomic mass is 10.0. The van der Waals surface area contributed by atoms with Crippen LogP contribution in [0.25, 0.3) is 63.5 Å². The number of nitrogens with zero attached hydrogens (tertiary/aromatic N) is 20. The number of carbonyl (C=O) groups is 4. The third kappa shape index (κ3) is 22.2. The van der Waals surface area contributed by atoms with E-state index in [1.165, 1.54) is 59.3 Å². The van der Waals surface area contributed by atoms with Crippen LogP contribution < -0.4 is 56.7 Å². The summed E-state index contributed by atoms with van der Waals surface area (Å²) >= 11 is 3.29. The van der Waals surface area contributed by atoms with Crippen molar-refractivity contribution in [3.05, 3.63) is 247 Å². The first kappa shape index (κ1) is 103. The van der Waals surface area contributed by atoms with Gasteiger partial charge in [0.25, 0.3) is 30.1 Å². The fourth-order valence-electron chi connectivity index (χ4n) is 21.0. The average Bonchev–Trinajstić information content (AvgIpc) is 1.61. The number of anilines is 7. The third-order valence-corrected chi connectivity index (χ3v) is 34.7. The standard InChI is InChI=1S/C26H29N5O4S.C25H24N8O4S2.C21H21N5O2S.C19H20N8O2S.C10H9N3O2S.10H2/c1-26(2,3)35-25(32)30-15-17-12-19(13-18(17)16-30)29-23-21-10-11-31(24(21)28-14-22(23)27-4)36(33,34)20-8-6-5-7-9-20;1-26-20-12-27-22-19(8-9-33(22)39(35,36)18-6-4-3-5-7-18)21(20)28-17-10-15-13-32(14-16(15)11-17)25(34)30-24-29-23(37-2)31-38-24;1-22-19-13-24-21-18(20(19)25-16-9-14-11-23-12-15(14)10-16)7-8-26(21)29(27,28)17-5-3-2-4-6-17;1-20-14-7-22-16-13(3-4-21-16)15(14)23-12-5-10-8-27(9-11(10)6-12)19(28)25-18-24-17(29-2)26-30-18;1-7-11-9(16-13-7)12-10(14)15-8-5-3-2-4-6-8;;;;;;;;;;/h5-11,14,17-19H,12-13,15-16H2,1-3H3,(H,28,29);3-9,12,15-17H,10-11,13-14H2,2H3,(H,27,28)(H,29,30,31,34);2-8,13-16,23H,9-12H2,(H,24,25);3-4,7,10-12H,5-6,8-9H2,2H3,(H2,21,22,23)(H,24,25,26,28);2-6H,1H3,(H,11,12,13,14);10*1H/t17-,18+,19?;15-,16+,17?;14-,15+,16?;10-,11+,12?;;;;;;;;;;;. The number of ether oxygens (including phenoxy) is 4. The van der Waals surface area contributed by atoms with E-state index < -0.39 is 41.8 Å². The lowest BCUT2D eigenvalue weighted by molar-refractivity contribution is 0.0279. The molecule has 8 fully saturated rings. The molecule has 4 saturated heterocycles. The zero-order chi connectivity index (χ0) is 105. The Balaban J connectivity index is 0.000000221. The maximum atomic E-state index is 13.3. The summed E-state index contributed by atoms with van der Waals surface area (Å²) < 4.78 is 115. The molecule has 15 aromatic rings. The van der Waals surface area contributed by atoms with Crippen LogP contribution in [0.1, 0.15) is 92.2 Å². The molecule has 8 aliphatic rings. The molecule has 43 nitrogen and oxygen atoms in total. The molecule has 12 atom stereocenters. The number of aryl methyl sites for hydroxylation is 1. The van der Waals surface area contributed by atoms with E-state index in [-0.39, 0.29) is 94.6 Å². The van der Waals surface area contributed by atoms with Gasteiger partial charge in [0, 0.05) is 183 Å². The van der Waals surface area contributed by atoms with Crippen LogP contribution >= 0.6 is 34.6 Å². The molecule has 23 rings (SSSR count). The van der Waals surface area contributed by atoms with Gasteiger partial charge in [0.05, 0.1) is 77.9 Å². The second-order valence-corrected chi connectivity index (χ2v) is 46.2. The van der Waals surface area contributed by atoms with Crippen molar-refractivity contribution in [1.29, 1.82) is 0 Å². The Morgan fingerprint density at radius 2 is 0.753 bits per heavy atom. The molecular formula is C101H123N29O14S6. The van der Waals surface area contributed by atoms with Gasteiger partial charge in [-0.05, 0) is 212 Å². The number of likely N-dealkylation sites (tertiary alicyclic amines) is 3. The van der Waals surface area contributed by atoms with Crippen molar-refractivity contribution in [1.82, 2.24) is 84.9 Å². The van der Waals surface area contributed by atoms with Crippen LogP contribution in [0.4, 0.5) is 80.1 Å². The van der Waals surface area contributed by atoms with Crippen molar-refractivity contribution in [3.63, 3.8) is 0 Å². The zero-order valence-electron chi connectivity index (χ0n) is 81.8. The summed E-state index contributed by atoms with van der Waals surface area (Å²) in [5.41, 5.74) is 5.50. The van der Waals surface area contributed by atoms with E-state index in [9.17, 15) is 44.4 Å². The molecule has 11 aromatic heterocycles. The fraction of sp³-hybridized carbons (Fsp3) is 0.347. The Kier molecular flexibility index (Phi) is 29.9. The van der Waals surface area contributed by atoms with E-state index in [0.717, 1.165) is 133 Å². The fourth-order valence-corrected chi connectivity index (χ4v) is 26.6. The summed E-state index contributed by atoms with van der Waals surface area (Å²) in [6.07, 6.45) is 18.8. The topological polar surface area (TPSA) is 490 Å². The van der Waals surface area contributed by atoms with E-state index in [0.29, 0.717) is 162 Å². The van der Waals surface area contributed by atoms with Crippen molar-refractivity contribution in [2.75, 3.05) is 104 Å². The maximum absolute atomic E-state index is 13.3. The Morgan fingerprint density at radius 1 is 0.420 bits per heavy atom. The van der Waals surface area contributed by atoms with E-state index in [1.807, 2.05) is 44.0 Å². The molecule has 0 radical (unpaired) electrons. The number of fused-ring (bicyclic) bond motifs is 8. The molecular weight excluding hydrogens is 2040 g/mol. The Labute approximate surface area is 890 Å². The molecule has 4 aliphatic carbocycles. The number of amides is 6. The molecule has 150 heavy (non-hydrogen) atoms. The number of benzene rings is 4. The Bertz CT molecular complexity index is 8100. The maximum Gasteiger partial charge on any atom is 0.418 e. The minimum absolute atomic E-state index is 0. The van der Waals surface area contributed by atoms with E-state index >= 15 is 0 Å². The van der Waals surface area contributed by atoms with Crippen LogP contribution in [0.15, 0.2) is 210 Å². The van der Waals surface area contributed by atoms with Gasteiger partial charge in [-0.2, -0.15) is 14.3 Å². The molecule has 4 saturated carbocycles. The summed E-state index contributed by atoms with van der Waals surface area (Å²) in [7, 11) is -8.46. The second-order valence-electron chi connectivity index (χ2n) is 38.5. The molecule has 0 bridgehead atoms. The van der Waals surface area contributed by atoms with Crippen molar-refractivity contribution in [2.24, 2.45) is 47.3 Å². The van der Waals surface area contributed by atoms with Crippen molar-refractivity contribution >= 4 is 194 Å². The van der Waals surface area contributed by atoms with Gasteiger partial charge in [-0.3, -0.25) is 20.9 Å². The highest BCUT2D eigenvalue weighted by Crippen LogP contribution is 2.48. The highest BCUT2D eigenvalue weighted by atomic mass is 32.2. The molecule has 6 amide bonds. The molecule has 49 heteroatoms. The molecule has 4 aliphatic heterocycles. The minimum Gasteiger partial charge on any atom is -0.466 e. The normalized spacial score (nSPS) is 20.7. The Hall–Kier alpha value is -16.0. The van der Waals surface area contributed by atoms with Gasteiger partial charge in [0.15, 0.2) is 16.9 Å². The monoisotopic (exact) mass is 2160 g/mol. The number of aromatic amines is 1. The number of methoxy groups -OCH3 is 2. The minimum atomic E-state index is -3.84. The largest absolute Gasteiger partial charge is 0.466 e. The number of para-hydroxylation sites is 1. The molecule has 792 valence electrons. The quantitative estimate of drug-likeness (QED) is 0.0320. The summed E-state index contributed by atoms with van der Waals surface area (Å²) in [6.45, 7) is 43.7. The number of rotatable bonds is 20. The highest BCUT2D eigenvalue weighted by molar-refractivity contribution is 7.90. The third-order valence-electron chi connectivity index (χ3n) is 27.8. The van der Waals surface area contributed by atoms with E-state index in [4.69, 9.17) is 45.2 Å². The number of aromatic nitrogens is 14. The molecule has 0 spiro atoms. The summed E-state index contributed by atoms with van der Waals surface area (Å²) in [5, 5.41) is 29.7. The number of carbonyl (C=O) groups excluding carboxylic acids is 4. The van der Waals surface area contributed by atoms with Crippen LogP contribution in [0.3, 0.4) is 0 Å². The van der Waals surface area contributed by atoms with Crippen LogP contribution in [-0.2, 0) is 34.8 Å². The molecule has 4 aromatic carbocycles. The number of nitrogens with one attached hydrogen (secondary N) is 9. The SMILES string of the molecule is Cc1nsc(NC(=O)Oc2ccccc2)n1.[C-]#[N+]c1cnc2[nH]ccc2c1NC1C[C@@H]2CN(C(=O)Nc3nc(OC)ns3)C[C@@H]2C1.[C-]#[N+]c1cnc2c(ccn2S(=O)(=O)c2ccccc2)c1NC1C[C@@H]2CN(C(=O)Nc3nc(OC)ns3)C[C@@H]2C1.[C-]#[N+]c1cnc2c(ccn2S(=O)(=O)c2ccccc2)c1NC1C[C@@H]2CN(C(=O)OC(C)(C)C)C[C@@H]2C1.[C-]#[N+]c1cnc2c(ccn2S(=O)(=O)c2ccccc2)c1NC1C[C@H]2CNC[C@H]2C1.[HH].[HH].[HH].[HH].[HH].[HH].[HH].[HH].[HH].[HH]. The van der Waals surface area contributed by atoms with Gasteiger partial charge >= 0.3 is 36.3 Å². The summed E-state index contributed by atoms with van der Waals surface area (Å²) in [4.78, 5) is 102. The van der Waals surface area contributed by atoms with Gasteiger partial charge in [-0.25, -0.2) is 95.7 Å². The summed E-state index contributed by atoms with van der Waals surface area (Å²) in [6, 6.07) is 41.5. The molecule has 9 N–H and O–H groups in total. The van der Waals surface area contributed by atoms with Crippen molar-refractivity contribution < 1.29 is 77.6 Å². The van der Waals surface area contributed by atoms with Gasteiger partial charge in [-0.15, -0.1) is 8.75 Å². The first-order chi connectivity index (χ1) is 72.4. The number of pyridine rings is 4. The molecule has 4 unspecified atom stereocenters. The number of hydrogen-bond acceptors (Lipinski definition) is 32. The number of H-pyrrole nitrogens is 1. The van der Waals surface area contributed by atoms with Gasteiger partial charge in [0.1, 0.15) is 22.8 Å². The average molecular weight is 2160 g/mol. The van der Waals surface area contributed by atoms with Gasteiger partial charge in [0.2, 0.25) is 38.1 Å². The first-order valence-electron chi connectivity index (χ1n) is 48.2. The van der Waals surface area contributed by atoms with E-state index in [2.05, 4.69) is 115 Å².